The van der Waals surface area contributed by atoms with Crippen LogP contribution >= 0.6 is 34.2 Å². The topological polar surface area (TPSA) is 52.7 Å². The number of hydrogen-bond acceptors (Lipinski definition) is 3. The summed E-state index contributed by atoms with van der Waals surface area (Å²) in [6, 6.07) is 21.7. The van der Waals surface area contributed by atoms with Crippen LogP contribution in [0.15, 0.2) is 83.9 Å². The average Bonchev–Trinajstić information content (AvgIpc) is 3.27. The number of fused-ring (bicyclic) bond motifs is 1. The molecule has 0 bridgehead atoms. The summed E-state index contributed by atoms with van der Waals surface area (Å²) >= 11 is 8.46. The van der Waals surface area contributed by atoms with Crippen molar-refractivity contribution >= 4 is 45.0 Å². The molecule has 3 aromatic heterocycles. The van der Waals surface area contributed by atoms with Gasteiger partial charge in [-0.2, -0.15) is 5.10 Å². The van der Waals surface area contributed by atoms with Crippen molar-refractivity contribution in [3.63, 3.8) is 0 Å². The molecule has 0 aliphatic rings. The van der Waals surface area contributed by atoms with E-state index in [-0.39, 0.29) is 11.5 Å². The molecule has 0 saturated carbocycles. The summed E-state index contributed by atoms with van der Waals surface area (Å²) in [5, 5.41) is 6.38. The normalized spacial score (nSPS) is 12.2. The molecule has 2 aromatic carbocycles. The number of benzene rings is 2. The maximum Gasteiger partial charge on any atom is 0.263 e. The van der Waals surface area contributed by atoms with E-state index in [1.807, 2.05) is 72.4 Å². The lowest BCUT2D eigenvalue weighted by Gasteiger charge is -2.21. The molecule has 0 radical (unpaired) electrons. The standard InChI is InChI=1S/C27H22ClIN4O/c1-17(13-23-22(29)11-12-25(28)31-23)24-14-18-7-6-10-21(19-15-30-32(2)16-19)26(18)27(34)33(24)20-8-4-3-5-9-20/h3-12,14-17H,13H2,1-2H3/t17-/m1/s1. The summed E-state index contributed by atoms with van der Waals surface area (Å²) in [5.41, 5.74) is 4.46. The molecule has 5 nitrogen and oxygen atoms in total. The maximum atomic E-state index is 14.1. The van der Waals surface area contributed by atoms with Crippen molar-refractivity contribution in [2.75, 3.05) is 0 Å². The predicted octanol–water partition coefficient (Wildman–Crippen LogP) is 6.39. The van der Waals surface area contributed by atoms with Gasteiger partial charge in [0.25, 0.3) is 5.56 Å². The fourth-order valence-electron chi connectivity index (χ4n) is 4.38. The molecule has 170 valence electrons. The Hall–Kier alpha value is -2.97. The first-order valence-electron chi connectivity index (χ1n) is 11.0. The van der Waals surface area contributed by atoms with Crippen LogP contribution in [-0.4, -0.2) is 19.3 Å². The Morgan fingerprint density at radius 2 is 1.85 bits per heavy atom. The molecular formula is C27H22ClIN4O. The van der Waals surface area contributed by atoms with E-state index >= 15 is 0 Å². The molecule has 3 heterocycles. The number of aryl methyl sites for hydroxylation is 1. The van der Waals surface area contributed by atoms with Crippen molar-refractivity contribution in [2.45, 2.75) is 19.3 Å². The molecular weight excluding hydrogens is 559 g/mol. The van der Waals surface area contributed by atoms with E-state index in [0.717, 1.165) is 37.2 Å². The highest BCUT2D eigenvalue weighted by atomic mass is 127. The molecule has 34 heavy (non-hydrogen) atoms. The minimum Gasteiger partial charge on any atom is -0.280 e. The molecule has 7 heteroatoms. The van der Waals surface area contributed by atoms with Crippen LogP contribution in [0.3, 0.4) is 0 Å². The number of pyridine rings is 2. The molecule has 5 rings (SSSR count). The predicted molar refractivity (Wildman–Crippen MR) is 146 cm³/mol. The van der Waals surface area contributed by atoms with Crippen LogP contribution in [0.25, 0.3) is 27.6 Å². The summed E-state index contributed by atoms with van der Waals surface area (Å²) < 4.78 is 4.65. The van der Waals surface area contributed by atoms with Gasteiger partial charge in [-0.05, 0) is 70.3 Å². The van der Waals surface area contributed by atoms with Crippen molar-refractivity contribution in [2.24, 2.45) is 7.05 Å². The maximum absolute atomic E-state index is 14.1. The lowest BCUT2D eigenvalue weighted by atomic mass is 9.95. The van der Waals surface area contributed by atoms with Gasteiger partial charge in [-0.25, -0.2) is 4.98 Å². The summed E-state index contributed by atoms with van der Waals surface area (Å²) in [6.45, 7) is 2.13. The van der Waals surface area contributed by atoms with Crippen LogP contribution in [-0.2, 0) is 13.5 Å². The Labute approximate surface area is 216 Å². The number of rotatable bonds is 5. The number of para-hydroxylation sites is 1. The van der Waals surface area contributed by atoms with E-state index in [4.69, 9.17) is 11.6 Å². The van der Waals surface area contributed by atoms with Crippen LogP contribution < -0.4 is 5.56 Å². The monoisotopic (exact) mass is 580 g/mol. The van der Waals surface area contributed by atoms with E-state index in [2.05, 4.69) is 45.7 Å². The van der Waals surface area contributed by atoms with Crippen molar-refractivity contribution in [1.29, 1.82) is 0 Å². The summed E-state index contributed by atoms with van der Waals surface area (Å²) in [5.74, 6) is 0.0267. The zero-order valence-corrected chi connectivity index (χ0v) is 21.7. The van der Waals surface area contributed by atoms with Crippen LogP contribution in [0, 0.1) is 3.57 Å². The van der Waals surface area contributed by atoms with E-state index in [1.165, 1.54) is 0 Å². The van der Waals surface area contributed by atoms with Gasteiger partial charge in [-0.15, -0.1) is 0 Å². The van der Waals surface area contributed by atoms with Gasteiger partial charge in [0.1, 0.15) is 5.15 Å². The highest BCUT2D eigenvalue weighted by Crippen LogP contribution is 2.31. The van der Waals surface area contributed by atoms with Crippen LogP contribution in [0.2, 0.25) is 5.15 Å². The Balaban J connectivity index is 1.75. The Morgan fingerprint density at radius 1 is 1.06 bits per heavy atom. The lowest BCUT2D eigenvalue weighted by molar-refractivity contribution is 0.683. The number of halogens is 2. The van der Waals surface area contributed by atoms with E-state index < -0.39 is 0 Å². The molecule has 1 atom stereocenters. The van der Waals surface area contributed by atoms with Gasteiger partial charge in [0, 0.05) is 39.7 Å². The van der Waals surface area contributed by atoms with Crippen molar-refractivity contribution in [1.82, 2.24) is 19.3 Å². The Morgan fingerprint density at radius 3 is 2.59 bits per heavy atom. The molecule has 0 aliphatic heterocycles. The molecule has 5 aromatic rings. The number of nitrogens with zero attached hydrogens (tertiary/aromatic N) is 4. The van der Waals surface area contributed by atoms with Crippen molar-refractivity contribution < 1.29 is 0 Å². The van der Waals surface area contributed by atoms with Gasteiger partial charge in [-0.1, -0.05) is 54.9 Å². The van der Waals surface area contributed by atoms with Gasteiger partial charge in [0.2, 0.25) is 0 Å². The molecule has 0 saturated heterocycles. The van der Waals surface area contributed by atoms with Gasteiger partial charge < -0.3 is 0 Å². The second-order valence-electron chi connectivity index (χ2n) is 8.39. The SMILES string of the molecule is C[C@H](Cc1nc(Cl)ccc1I)c1cc2cccc(-c3cnn(C)c3)c2c(=O)n1-c1ccccc1. The smallest absolute Gasteiger partial charge is 0.263 e. The van der Waals surface area contributed by atoms with Crippen LogP contribution in [0.1, 0.15) is 24.2 Å². The van der Waals surface area contributed by atoms with E-state index in [0.29, 0.717) is 17.0 Å². The number of aromatic nitrogens is 4. The minimum atomic E-state index is -0.0428. The number of hydrogen-bond donors (Lipinski definition) is 0. The van der Waals surface area contributed by atoms with E-state index in [1.54, 1.807) is 16.9 Å². The Bertz CT molecular complexity index is 1560. The third-order valence-corrected chi connectivity index (χ3v) is 7.19. The summed E-state index contributed by atoms with van der Waals surface area (Å²) in [4.78, 5) is 18.7. The van der Waals surface area contributed by atoms with Crippen LogP contribution in [0.5, 0.6) is 0 Å². The zero-order valence-electron chi connectivity index (χ0n) is 18.7. The summed E-state index contributed by atoms with van der Waals surface area (Å²) in [6.07, 6.45) is 4.40. The second-order valence-corrected chi connectivity index (χ2v) is 9.93. The van der Waals surface area contributed by atoms with E-state index in [9.17, 15) is 4.79 Å². The minimum absolute atomic E-state index is 0.0267. The first-order valence-corrected chi connectivity index (χ1v) is 12.4. The third kappa shape index (κ3) is 4.28. The molecule has 0 aliphatic carbocycles. The Kier molecular flexibility index (Phi) is 6.27. The van der Waals surface area contributed by atoms with Crippen LogP contribution in [0.4, 0.5) is 0 Å². The van der Waals surface area contributed by atoms with Gasteiger partial charge in [0.15, 0.2) is 0 Å². The second kappa shape index (κ2) is 9.35. The lowest BCUT2D eigenvalue weighted by Crippen LogP contribution is -2.24. The van der Waals surface area contributed by atoms with Gasteiger partial charge in [0.05, 0.1) is 17.3 Å². The molecule has 0 fully saturated rings. The van der Waals surface area contributed by atoms with Crippen molar-refractivity contribution in [3.05, 3.63) is 110 Å². The average molecular weight is 581 g/mol. The highest BCUT2D eigenvalue weighted by molar-refractivity contribution is 14.1. The molecule has 0 spiro atoms. The fraction of sp³-hybridized carbons (Fsp3) is 0.148. The largest absolute Gasteiger partial charge is 0.280 e. The fourth-order valence-corrected chi connectivity index (χ4v) is 5.07. The molecule has 0 unspecified atom stereocenters. The quantitative estimate of drug-likeness (QED) is 0.179. The van der Waals surface area contributed by atoms with Gasteiger partial charge in [-0.3, -0.25) is 14.0 Å². The highest BCUT2D eigenvalue weighted by Gasteiger charge is 2.20. The van der Waals surface area contributed by atoms with Gasteiger partial charge >= 0.3 is 0 Å². The molecule has 0 amide bonds. The zero-order chi connectivity index (χ0) is 23.8. The molecule has 0 N–H and O–H groups in total. The third-order valence-electron chi connectivity index (χ3n) is 5.99. The first kappa shape index (κ1) is 22.8. The van der Waals surface area contributed by atoms with Crippen molar-refractivity contribution in [3.8, 4) is 16.8 Å². The summed E-state index contributed by atoms with van der Waals surface area (Å²) in [7, 11) is 1.88. The first-order chi connectivity index (χ1) is 16.4.